The second-order valence-corrected chi connectivity index (χ2v) is 4.74. The molecule has 0 aliphatic carbocycles. The van der Waals surface area contributed by atoms with Gasteiger partial charge < -0.3 is 9.64 Å². The number of ether oxygens (including phenoxy) is 1. The summed E-state index contributed by atoms with van der Waals surface area (Å²) in [5, 5.41) is 4.08. The standard InChI is InChI=1S/C12H13ClN4O2/c1-19-11-5-9(13)2-3-10(11)17-7-8(4-12(17)18)6-15-16-14/h2-3,5,8H,4,6-7H2,1H3. The lowest BCUT2D eigenvalue weighted by Crippen LogP contribution is -2.25. The van der Waals surface area contributed by atoms with Gasteiger partial charge in [0.1, 0.15) is 5.75 Å². The average Bonchev–Trinajstić information content (AvgIpc) is 2.77. The van der Waals surface area contributed by atoms with E-state index in [0.717, 1.165) is 0 Å². The van der Waals surface area contributed by atoms with E-state index in [2.05, 4.69) is 10.0 Å². The lowest BCUT2D eigenvalue weighted by Gasteiger charge is -2.19. The fourth-order valence-corrected chi connectivity index (χ4v) is 2.33. The summed E-state index contributed by atoms with van der Waals surface area (Å²) in [5.74, 6) is 0.604. The number of hydrogen-bond donors (Lipinski definition) is 0. The minimum atomic E-state index is -0.00115. The molecule has 1 amide bonds. The number of carbonyl (C=O) groups is 1. The van der Waals surface area contributed by atoms with E-state index >= 15 is 0 Å². The Hall–Kier alpha value is -1.91. The molecule has 0 radical (unpaired) electrons. The van der Waals surface area contributed by atoms with Gasteiger partial charge in [-0.1, -0.05) is 16.7 Å². The summed E-state index contributed by atoms with van der Waals surface area (Å²) in [7, 11) is 1.53. The summed E-state index contributed by atoms with van der Waals surface area (Å²) in [5.41, 5.74) is 9.01. The van der Waals surface area contributed by atoms with Crippen LogP contribution in [0, 0.1) is 5.92 Å². The molecule has 0 bridgehead atoms. The molecule has 0 saturated carbocycles. The highest BCUT2D eigenvalue weighted by Gasteiger charge is 2.31. The van der Waals surface area contributed by atoms with Crippen LogP contribution in [0.3, 0.4) is 0 Å². The molecule has 1 aliphatic heterocycles. The Kier molecular flexibility index (Phi) is 4.14. The lowest BCUT2D eigenvalue weighted by atomic mass is 10.1. The molecular weight excluding hydrogens is 268 g/mol. The molecule has 7 heteroatoms. The maximum Gasteiger partial charge on any atom is 0.227 e. The van der Waals surface area contributed by atoms with E-state index in [1.807, 2.05) is 0 Å². The highest BCUT2D eigenvalue weighted by atomic mass is 35.5. The molecule has 1 aromatic rings. The lowest BCUT2D eigenvalue weighted by molar-refractivity contribution is -0.117. The highest BCUT2D eigenvalue weighted by Crippen LogP contribution is 2.34. The van der Waals surface area contributed by atoms with Crippen LogP contribution in [0.4, 0.5) is 5.69 Å². The van der Waals surface area contributed by atoms with E-state index in [-0.39, 0.29) is 11.8 Å². The first-order valence-electron chi connectivity index (χ1n) is 5.80. The van der Waals surface area contributed by atoms with Crippen LogP contribution in [0.25, 0.3) is 10.4 Å². The van der Waals surface area contributed by atoms with Gasteiger partial charge in [0.05, 0.1) is 12.8 Å². The van der Waals surface area contributed by atoms with E-state index in [1.54, 1.807) is 23.1 Å². The normalized spacial score (nSPS) is 18.3. The third kappa shape index (κ3) is 2.92. The number of azide groups is 1. The second-order valence-electron chi connectivity index (χ2n) is 4.30. The van der Waals surface area contributed by atoms with Gasteiger partial charge in [0.2, 0.25) is 5.91 Å². The van der Waals surface area contributed by atoms with Crippen LogP contribution in [0.5, 0.6) is 5.75 Å². The fraction of sp³-hybridized carbons (Fsp3) is 0.417. The van der Waals surface area contributed by atoms with Crippen molar-refractivity contribution in [2.24, 2.45) is 11.0 Å². The first-order valence-corrected chi connectivity index (χ1v) is 6.18. The molecule has 1 aromatic carbocycles. The van der Waals surface area contributed by atoms with Gasteiger partial charge in [-0.2, -0.15) is 0 Å². The topological polar surface area (TPSA) is 78.3 Å². The van der Waals surface area contributed by atoms with Gasteiger partial charge >= 0.3 is 0 Å². The van der Waals surface area contributed by atoms with Crippen LogP contribution in [0.2, 0.25) is 5.02 Å². The van der Waals surface area contributed by atoms with Crippen molar-refractivity contribution in [3.8, 4) is 5.75 Å². The van der Waals surface area contributed by atoms with Gasteiger partial charge in [0.25, 0.3) is 0 Å². The number of benzene rings is 1. The molecule has 2 rings (SSSR count). The van der Waals surface area contributed by atoms with Crippen LogP contribution in [0.1, 0.15) is 6.42 Å². The van der Waals surface area contributed by atoms with Gasteiger partial charge in [0, 0.05) is 35.5 Å². The molecule has 1 unspecified atom stereocenters. The van der Waals surface area contributed by atoms with Crippen molar-refractivity contribution in [3.05, 3.63) is 33.7 Å². The summed E-state index contributed by atoms with van der Waals surface area (Å²) in [6.07, 6.45) is 0.380. The van der Waals surface area contributed by atoms with Crippen molar-refractivity contribution in [1.82, 2.24) is 0 Å². The van der Waals surface area contributed by atoms with E-state index < -0.39 is 0 Å². The van der Waals surface area contributed by atoms with Crippen molar-refractivity contribution in [3.63, 3.8) is 0 Å². The van der Waals surface area contributed by atoms with Crippen molar-refractivity contribution in [2.75, 3.05) is 25.1 Å². The number of halogens is 1. The Balaban J connectivity index is 2.22. The Morgan fingerprint density at radius 3 is 3.11 bits per heavy atom. The van der Waals surface area contributed by atoms with Crippen molar-refractivity contribution >= 4 is 23.2 Å². The van der Waals surface area contributed by atoms with E-state index in [9.17, 15) is 4.79 Å². The van der Waals surface area contributed by atoms with Gasteiger partial charge in [-0.25, -0.2) is 0 Å². The van der Waals surface area contributed by atoms with Crippen LogP contribution in [0.15, 0.2) is 23.3 Å². The molecular formula is C12H13ClN4O2. The number of methoxy groups -OCH3 is 1. The monoisotopic (exact) mass is 280 g/mol. The predicted molar refractivity (Wildman–Crippen MR) is 72.5 cm³/mol. The zero-order chi connectivity index (χ0) is 13.8. The minimum absolute atomic E-state index is 0.00115. The predicted octanol–water partition coefficient (Wildman–Crippen LogP) is 3.01. The van der Waals surface area contributed by atoms with E-state index in [1.165, 1.54) is 7.11 Å². The molecule has 1 fully saturated rings. The summed E-state index contributed by atoms with van der Waals surface area (Å²) in [4.78, 5) is 16.4. The number of carbonyl (C=O) groups excluding carboxylic acids is 1. The number of amides is 1. The molecule has 100 valence electrons. The first kappa shape index (κ1) is 13.5. The molecule has 0 spiro atoms. The molecule has 19 heavy (non-hydrogen) atoms. The molecule has 0 aromatic heterocycles. The number of anilines is 1. The molecule has 6 nitrogen and oxygen atoms in total. The number of nitrogens with zero attached hydrogens (tertiary/aromatic N) is 4. The van der Waals surface area contributed by atoms with Gasteiger partial charge in [-0.05, 0) is 23.6 Å². The Labute approximate surface area is 115 Å². The van der Waals surface area contributed by atoms with Crippen LogP contribution in [-0.2, 0) is 4.79 Å². The Bertz CT molecular complexity index is 543. The molecule has 1 atom stereocenters. The fourth-order valence-electron chi connectivity index (χ4n) is 2.16. The van der Waals surface area contributed by atoms with Gasteiger partial charge in [-0.15, -0.1) is 0 Å². The average molecular weight is 281 g/mol. The highest BCUT2D eigenvalue weighted by molar-refractivity contribution is 6.30. The maximum atomic E-state index is 12.0. The molecule has 1 aliphatic rings. The largest absolute Gasteiger partial charge is 0.495 e. The number of hydrogen-bond acceptors (Lipinski definition) is 3. The first-order chi connectivity index (χ1) is 9.15. The third-order valence-electron chi connectivity index (χ3n) is 3.04. The zero-order valence-electron chi connectivity index (χ0n) is 10.4. The summed E-state index contributed by atoms with van der Waals surface area (Å²) >= 11 is 5.90. The summed E-state index contributed by atoms with van der Waals surface area (Å²) < 4.78 is 5.24. The molecule has 1 heterocycles. The molecule has 0 N–H and O–H groups in total. The summed E-state index contributed by atoms with van der Waals surface area (Å²) in [6.45, 7) is 0.852. The zero-order valence-corrected chi connectivity index (χ0v) is 11.2. The van der Waals surface area contributed by atoms with Crippen molar-refractivity contribution < 1.29 is 9.53 Å². The molecule has 1 saturated heterocycles. The van der Waals surface area contributed by atoms with E-state index in [4.69, 9.17) is 21.9 Å². The second kappa shape index (κ2) is 5.82. The number of rotatable bonds is 4. The summed E-state index contributed by atoms with van der Waals surface area (Å²) in [6, 6.07) is 5.15. The SMILES string of the molecule is COc1cc(Cl)ccc1N1CC(CN=[N+]=[N-])CC1=O. The quantitative estimate of drug-likeness (QED) is 0.483. The van der Waals surface area contributed by atoms with Crippen molar-refractivity contribution in [1.29, 1.82) is 0 Å². The third-order valence-corrected chi connectivity index (χ3v) is 3.28. The minimum Gasteiger partial charge on any atom is -0.495 e. The van der Waals surface area contributed by atoms with Crippen LogP contribution in [-0.4, -0.2) is 26.1 Å². The maximum absolute atomic E-state index is 12.0. The van der Waals surface area contributed by atoms with Crippen LogP contribution >= 0.6 is 11.6 Å². The Morgan fingerprint density at radius 1 is 1.63 bits per heavy atom. The van der Waals surface area contributed by atoms with Gasteiger partial charge in [-0.3, -0.25) is 4.79 Å². The van der Waals surface area contributed by atoms with Crippen LogP contribution < -0.4 is 9.64 Å². The smallest absolute Gasteiger partial charge is 0.227 e. The van der Waals surface area contributed by atoms with Gasteiger partial charge in [0.15, 0.2) is 0 Å². The Morgan fingerprint density at radius 2 is 2.42 bits per heavy atom. The van der Waals surface area contributed by atoms with E-state index in [0.29, 0.717) is 36.0 Å². The van der Waals surface area contributed by atoms with Crippen molar-refractivity contribution in [2.45, 2.75) is 6.42 Å².